The molecular formula is C12H15FN4O3. The zero-order chi connectivity index (χ0) is 14.9. The number of benzene rings is 1. The van der Waals surface area contributed by atoms with E-state index in [4.69, 9.17) is 5.73 Å². The Kier molecular flexibility index (Phi) is 3.84. The number of carbonyl (C=O) groups excluding carboxylic acids is 1. The van der Waals surface area contributed by atoms with E-state index in [2.05, 4.69) is 0 Å². The normalized spacial score (nSPS) is 16.2. The molecule has 20 heavy (non-hydrogen) atoms. The third-order valence-corrected chi connectivity index (χ3v) is 3.37. The van der Waals surface area contributed by atoms with Gasteiger partial charge in [-0.1, -0.05) is 0 Å². The predicted octanol–water partition coefficient (Wildman–Crippen LogP) is 0.704. The van der Waals surface area contributed by atoms with Gasteiger partial charge in [0.25, 0.3) is 11.6 Å². The maximum atomic E-state index is 13.8. The van der Waals surface area contributed by atoms with E-state index in [1.54, 1.807) is 0 Å². The van der Waals surface area contributed by atoms with Crippen LogP contribution in [0.15, 0.2) is 12.1 Å². The second-order valence-corrected chi connectivity index (χ2v) is 4.71. The van der Waals surface area contributed by atoms with E-state index < -0.39 is 33.6 Å². The summed E-state index contributed by atoms with van der Waals surface area (Å²) in [6, 6.07) is 1.86. The van der Waals surface area contributed by atoms with Gasteiger partial charge in [0.1, 0.15) is 17.1 Å². The van der Waals surface area contributed by atoms with Crippen LogP contribution in [0.25, 0.3) is 0 Å². The monoisotopic (exact) mass is 282 g/mol. The molecule has 0 aliphatic carbocycles. The van der Waals surface area contributed by atoms with Crippen LogP contribution in [0.1, 0.15) is 10.4 Å². The minimum Gasteiger partial charge on any atom is -0.392 e. The first-order chi connectivity index (χ1) is 9.41. The molecule has 0 spiro atoms. The third-order valence-electron chi connectivity index (χ3n) is 3.37. The molecule has 1 saturated heterocycles. The summed E-state index contributed by atoms with van der Waals surface area (Å²) in [4.78, 5) is 25.9. The van der Waals surface area contributed by atoms with E-state index in [0.29, 0.717) is 26.2 Å². The molecule has 0 atom stereocenters. The maximum Gasteiger partial charge on any atom is 0.293 e. The van der Waals surface area contributed by atoms with Gasteiger partial charge in [-0.05, 0) is 13.1 Å². The molecule has 0 aromatic heterocycles. The molecule has 108 valence electrons. The number of hydrogen-bond acceptors (Lipinski definition) is 5. The van der Waals surface area contributed by atoms with Crippen molar-refractivity contribution in [1.82, 2.24) is 9.80 Å². The van der Waals surface area contributed by atoms with Crippen LogP contribution >= 0.6 is 0 Å². The number of hydrogen-bond donors (Lipinski definition) is 1. The highest BCUT2D eigenvalue weighted by Crippen LogP contribution is 2.28. The van der Waals surface area contributed by atoms with Crippen LogP contribution in [0.2, 0.25) is 0 Å². The topological polar surface area (TPSA) is 92.7 Å². The molecule has 0 bridgehead atoms. The predicted molar refractivity (Wildman–Crippen MR) is 70.9 cm³/mol. The number of halogens is 1. The Morgan fingerprint density at radius 2 is 1.95 bits per heavy atom. The first-order valence-electron chi connectivity index (χ1n) is 6.12. The Morgan fingerprint density at radius 3 is 2.50 bits per heavy atom. The lowest BCUT2D eigenvalue weighted by molar-refractivity contribution is -0.384. The maximum absolute atomic E-state index is 13.8. The molecule has 1 fully saturated rings. The smallest absolute Gasteiger partial charge is 0.293 e. The van der Waals surface area contributed by atoms with Crippen molar-refractivity contribution in [1.29, 1.82) is 0 Å². The zero-order valence-electron chi connectivity index (χ0n) is 11.0. The second-order valence-electron chi connectivity index (χ2n) is 4.71. The molecule has 2 N–H and O–H groups in total. The number of nitro benzene ring substituents is 1. The fourth-order valence-electron chi connectivity index (χ4n) is 2.13. The van der Waals surface area contributed by atoms with Gasteiger partial charge < -0.3 is 15.5 Å². The molecule has 1 amide bonds. The Hall–Kier alpha value is -2.22. The van der Waals surface area contributed by atoms with Crippen LogP contribution in [0, 0.1) is 15.9 Å². The minimum atomic E-state index is -0.836. The van der Waals surface area contributed by atoms with Crippen LogP contribution in [0.4, 0.5) is 15.8 Å². The Balaban J connectivity index is 2.34. The number of nitro groups is 1. The number of nitrogen functional groups attached to an aromatic ring is 1. The largest absolute Gasteiger partial charge is 0.392 e. The van der Waals surface area contributed by atoms with Gasteiger partial charge in [0, 0.05) is 32.2 Å². The summed E-state index contributed by atoms with van der Waals surface area (Å²) in [6.45, 7) is 2.22. The number of rotatable bonds is 2. The average Bonchev–Trinajstić information content (AvgIpc) is 2.38. The van der Waals surface area contributed by atoms with Gasteiger partial charge in [0.2, 0.25) is 0 Å². The number of amides is 1. The summed E-state index contributed by atoms with van der Waals surface area (Å²) >= 11 is 0. The molecule has 1 aliphatic heterocycles. The van der Waals surface area contributed by atoms with E-state index in [1.807, 2.05) is 11.9 Å². The summed E-state index contributed by atoms with van der Waals surface area (Å²) in [7, 11) is 1.92. The summed E-state index contributed by atoms with van der Waals surface area (Å²) in [5, 5.41) is 10.8. The van der Waals surface area contributed by atoms with Gasteiger partial charge in [0.05, 0.1) is 4.92 Å². The molecule has 0 unspecified atom stereocenters. The van der Waals surface area contributed by atoms with E-state index in [9.17, 15) is 19.3 Å². The fourth-order valence-corrected chi connectivity index (χ4v) is 2.13. The van der Waals surface area contributed by atoms with Gasteiger partial charge in [-0.2, -0.15) is 0 Å². The van der Waals surface area contributed by atoms with E-state index in [0.717, 1.165) is 12.1 Å². The quantitative estimate of drug-likeness (QED) is 0.490. The van der Waals surface area contributed by atoms with Crippen molar-refractivity contribution in [3.8, 4) is 0 Å². The Bertz CT molecular complexity index is 556. The molecule has 0 radical (unpaired) electrons. The summed E-state index contributed by atoms with van der Waals surface area (Å²) < 4.78 is 13.8. The lowest BCUT2D eigenvalue weighted by atomic mass is 10.1. The number of anilines is 1. The highest BCUT2D eigenvalue weighted by atomic mass is 19.1. The van der Waals surface area contributed by atoms with Crippen LogP contribution in [0.5, 0.6) is 0 Å². The van der Waals surface area contributed by atoms with Crippen LogP contribution in [-0.4, -0.2) is 53.9 Å². The molecule has 8 heteroatoms. The summed E-state index contributed by atoms with van der Waals surface area (Å²) in [5.41, 5.74) is 4.29. The summed E-state index contributed by atoms with van der Waals surface area (Å²) in [5.74, 6) is -1.44. The van der Waals surface area contributed by atoms with Crippen LogP contribution in [0.3, 0.4) is 0 Å². The standard InChI is InChI=1S/C12H15FN4O3/c1-15-4-6-16(7-5-15)12(18)10-8(13)2-3-9(11(10)14)17(19)20/h2-3H,4-7,14H2,1H3. The highest BCUT2D eigenvalue weighted by Gasteiger charge is 2.28. The lowest BCUT2D eigenvalue weighted by Crippen LogP contribution is -2.47. The van der Waals surface area contributed by atoms with Crippen molar-refractivity contribution < 1.29 is 14.1 Å². The Morgan fingerprint density at radius 1 is 1.35 bits per heavy atom. The van der Waals surface area contributed by atoms with Crippen molar-refractivity contribution in [3.05, 3.63) is 33.6 Å². The van der Waals surface area contributed by atoms with E-state index in [-0.39, 0.29) is 0 Å². The molecule has 1 heterocycles. The van der Waals surface area contributed by atoms with E-state index >= 15 is 0 Å². The van der Waals surface area contributed by atoms with Gasteiger partial charge in [-0.15, -0.1) is 0 Å². The minimum absolute atomic E-state index is 0.413. The molecule has 0 saturated carbocycles. The van der Waals surface area contributed by atoms with E-state index in [1.165, 1.54) is 4.90 Å². The van der Waals surface area contributed by atoms with Crippen molar-refractivity contribution >= 4 is 17.3 Å². The number of likely N-dealkylation sites (N-methyl/N-ethyl adjacent to an activating group) is 1. The molecule has 1 aromatic rings. The number of nitrogens with zero attached hydrogens (tertiary/aromatic N) is 3. The number of nitrogens with two attached hydrogens (primary N) is 1. The van der Waals surface area contributed by atoms with Gasteiger partial charge >= 0.3 is 0 Å². The highest BCUT2D eigenvalue weighted by molar-refractivity contribution is 6.01. The van der Waals surface area contributed by atoms with Gasteiger partial charge in [0.15, 0.2) is 0 Å². The second kappa shape index (κ2) is 5.41. The Labute approximate surface area is 114 Å². The van der Waals surface area contributed by atoms with Crippen molar-refractivity contribution in [2.75, 3.05) is 39.0 Å². The van der Waals surface area contributed by atoms with Gasteiger partial charge in [-0.25, -0.2) is 4.39 Å². The first-order valence-corrected chi connectivity index (χ1v) is 6.12. The molecule has 2 rings (SSSR count). The first kappa shape index (κ1) is 14.2. The van der Waals surface area contributed by atoms with Gasteiger partial charge in [-0.3, -0.25) is 14.9 Å². The average molecular weight is 282 g/mol. The molecule has 1 aliphatic rings. The third kappa shape index (κ3) is 2.55. The molecule has 1 aromatic carbocycles. The lowest BCUT2D eigenvalue weighted by Gasteiger charge is -2.32. The molecule has 7 nitrogen and oxygen atoms in total. The summed E-state index contributed by atoms with van der Waals surface area (Å²) in [6.07, 6.45) is 0. The van der Waals surface area contributed by atoms with Crippen LogP contribution < -0.4 is 5.73 Å². The zero-order valence-corrected chi connectivity index (χ0v) is 11.0. The number of piperazine rings is 1. The molecular weight excluding hydrogens is 267 g/mol. The van der Waals surface area contributed by atoms with Crippen molar-refractivity contribution in [2.24, 2.45) is 0 Å². The SMILES string of the molecule is CN1CCN(C(=O)c2c(F)ccc([N+](=O)[O-])c2N)CC1. The van der Waals surface area contributed by atoms with Crippen LogP contribution in [-0.2, 0) is 0 Å². The number of carbonyl (C=O) groups is 1. The van der Waals surface area contributed by atoms with Crippen molar-refractivity contribution in [3.63, 3.8) is 0 Å². The van der Waals surface area contributed by atoms with Crippen molar-refractivity contribution in [2.45, 2.75) is 0 Å². The fraction of sp³-hybridized carbons (Fsp3) is 0.417.